The van der Waals surface area contributed by atoms with Crippen molar-refractivity contribution in [2.75, 3.05) is 19.6 Å². The fourth-order valence-corrected chi connectivity index (χ4v) is 2.17. The summed E-state index contributed by atoms with van der Waals surface area (Å²) in [5.74, 6) is 0. The summed E-state index contributed by atoms with van der Waals surface area (Å²) in [5, 5.41) is 4.58. The average molecular weight is 271 g/mol. The Bertz CT molecular complexity index is 512. The minimum atomic E-state index is 0.574. The van der Waals surface area contributed by atoms with Gasteiger partial charge in [0.25, 0.3) is 0 Å². The van der Waals surface area contributed by atoms with Gasteiger partial charge in [0.2, 0.25) is 0 Å². The smallest absolute Gasteiger partial charge is 0.0930 e. The molecule has 2 rings (SSSR count). The van der Waals surface area contributed by atoms with Crippen molar-refractivity contribution in [1.82, 2.24) is 14.7 Å². The van der Waals surface area contributed by atoms with Crippen LogP contribution in [0.1, 0.15) is 19.4 Å². The molecular formula is C16H23N4. The molecule has 2 N–H and O–H groups in total. The van der Waals surface area contributed by atoms with Gasteiger partial charge in [0.05, 0.1) is 18.4 Å². The van der Waals surface area contributed by atoms with E-state index in [4.69, 9.17) is 5.73 Å². The van der Waals surface area contributed by atoms with Crippen LogP contribution in [0.2, 0.25) is 0 Å². The van der Waals surface area contributed by atoms with Crippen LogP contribution in [0.15, 0.2) is 30.3 Å². The Kier molecular flexibility index (Phi) is 5.32. The van der Waals surface area contributed by atoms with Crippen molar-refractivity contribution in [3.05, 3.63) is 42.1 Å². The molecule has 0 aliphatic carbocycles. The van der Waals surface area contributed by atoms with Crippen LogP contribution in [0.25, 0.3) is 11.3 Å². The first-order chi connectivity index (χ1) is 9.76. The van der Waals surface area contributed by atoms with E-state index in [0.717, 1.165) is 43.0 Å². The molecule has 20 heavy (non-hydrogen) atoms. The molecule has 0 saturated carbocycles. The van der Waals surface area contributed by atoms with Gasteiger partial charge in [0, 0.05) is 18.7 Å². The monoisotopic (exact) mass is 271 g/mol. The summed E-state index contributed by atoms with van der Waals surface area (Å²) in [7, 11) is 0. The maximum atomic E-state index is 5.61. The first kappa shape index (κ1) is 14.8. The van der Waals surface area contributed by atoms with E-state index in [2.05, 4.69) is 42.2 Å². The molecule has 0 amide bonds. The number of aromatic nitrogens is 2. The molecule has 0 fully saturated rings. The zero-order valence-corrected chi connectivity index (χ0v) is 12.3. The van der Waals surface area contributed by atoms with Crippen LogP contribution in [0.5, 0.6) is 0 Å². The topological polar surface area (TPSA) is 47.1 Å². The Labute approximate surface area is 121 Å². The van der Waals surface area contributed by atoms with Crippen molar-refractivity contribution in [3.8, 4) is 11.3 Å². The Hall–Kier alpha value is -1.65. The third kappa shape index (κ3) is 3.68. The average Bonchev–Trinajstić information content (AvgIpc) is 2.97. The highest BCUT2D eigenvalue weighted by Crippen LogP contribution is 2.17. The van der Waals surface area contributed by atoms with Crippen molar-refractivity contribution in [2.24, 2.45) is 5.73 Å². The molecule has 2 aromatic rings. The van der Waals surface area contributed by atoms with E-state index >= 15 is 0 Å². The van der Waals surface area contributed by atoms with Crippen molar-refractivity contribution in [3.63, 3.8) is 0 Å². The molecule has 0 bridgehead atoms. The normalized spacial score (nSPS) is 11.2. The summed E-state index contributed by atoms with van der Waals surface area (Å²) in [6.07, 6.45) is 3.19. The van der Waals surface area contributed by atoms with Crippen LogP contribution in [-0.4, -0.2) is 34.3 Å². The first-order valence-electron chi connectivity index (χ1n) is 7.24. The summed E-state index contributed by atoms with van der Waals surface area (Å²) in [6, 6.07) is 10.2. The lowest BCUT2D eigenvalue weighted by Gasteiger charge is -2.17. The van der Waals surface area contributed by atoms with Gasteiger partial charge in [-0.15, -0.1) is 0 Å². The fourth-order valence-electron chi connectivity index (χ4n) is 2.17. The number of likely N-dealkylation sites (N-methyl/N-ethyl adjacent to an activating group) is 1. The number of hydrogen-bond acceptors (Lipinski definition) is 3. The second-order valence-electron chi connectivity index (χ2n) is 4.81. The summed E-state index contributed by atoms with van der Waals surface area (Å²) in [6.45, 7) is 8.97. The van der Waals surface area contributed by atoms with Crippen molar-refractivity contribution in [1.29, 1.82) is 0 Å². The molecule has 0 aliphatic rings. The minimum Gasteiger partial charge on any atom is -0.326 e. The Balaban J connectivity index is 2.00. The zero-order valence-electron chi connectivity index (χ0n) is 12.3. The van der Waals surface area contributed by atoms with E-state index in [1.165, 1.54) is 0 Å². The predicted molar refractivity (Wildman–Crippen MR) is 82.2 cm³/mol. The summed E-state index contributed by atoms with van der Waals surface area (Å²) in [4.78, 5) is 2.38. The van der Waals surface area contributed by atoms with Crippen LogP contribution in [0.4, 0.5) is 0 Å². The van der Waals surface area contributed by atoms with E-state index in [0.29, 0.717) is 6.54 Å². The lowest BCUT2D eigenvalue weighted by atomic mass is 10.1. The highest BCUT2D eigenvalue weighted by Gasteiger charge is 2.04. The first-order valence-corrected chi connectivity index (χ1v) is 7.24. The number of benzene rings is 1. The van der Waals surface area contributed by atoms with E-state index in [1.807, 2.05) is 22.9 Å². The third-order valence-corrected chi connectivity index (χ3v) is 3.59. The van der Waals surface area contributed by atoms with Gasteiger partial charge in [-0.2, -0.15) is 5.10 Å². The highest BCUT2D eigenvalue weighted by atomic mass is 15.3. The van der Waals surface area contributed by atoms with Crippen molar-refractivity contribution < 1.29 is 0 Å². The van der Waals surface area contributed by atoms with Crippen LogP contribution in [0, 0.1) is 6.20 Å². The molecule has 1 radical (unpaired) electrons. The molecule has 107 valence electrons. The van der Waals surface area contributed by atoms with E-state index < -0.39 is 0 Å². The molecule has 4 nitrogen and oxygen atoms in total. The molecule has 0 unspecified atom stereocenters. The molecule has 0 saturated heterocycles. The standard InChI is InChI=1S/C16H23N4/c1-3-19(4-2)11-12-20-10-9-16(18-20)15-7-5-14(13-17)6-8-15/h5-9H,3-4,11-13,17H2,1-2H3. The maximum absolute atomic E-state index is 5.61. The molecular weight excluding hydrogens is 248 g/mol. The fraction of sp³-hybridized carbons (Fsp3) is 0.438. The van der Waals surface area contributed by atoms with Crippen LogP contribution in [0.3, 0.4) is 0 Å². The largest absolute Gasteiger partial charge is 0.326 e. The Morgan fingerprint density at radius 3 is 2.50 bits per heavy atom. The lowest BCUT2D eigenvalue weighted by Crippen LogP contribution is -2.27. The van der Waals surface area contributed by atoms with Gasteiger partial charge in [0.15, 0.2) is 0 Å². The SMILES string of the molecule is CCN(CC)CCn1[c]cc(-c2ccc(CN)cc2)n1. The van der Waals surface area contributed by atoms with E-state index in [-0.39, 0.29) is 0 Å². The van der Waals surface area contributed by atoms with Gasteiger partial charge in [-0.05, 0) is 24.7 Å². The van der Waals surface area contributed by atoms with Gasteiger partial charge >= 0.3 is 0 Å². The van der Waals surface area contributed by atoms with Crippen LogP contribution < -0.4 is 5.73 Å². The minimum absolute atomic E-state index is 0.574. The van der Waals surface area contributed by atoms with Gasteiger partial charge in [-0.1, -0.05) is 38.1 Å². The predicted octanol–water partition coefficient (Wildman–Crippen LogP) is 2.15. The molecule has 0 atom stereocenters. The van der Waals surface area contributed by atoms with Gasteiger partial charge < -0.3 is 10.6 Å². The molecule has 1 aromatic heterocycles. The Morgan fingerprint density at radius 1 is 1.20 bits per heavy atom. The van der Waals surface area contributed by atoms with E-state index in [1.54, 1.807) is 0 Å². The third-order valence-electron chi connectivity index (χ3n) is 3.59. The second-order valence-corrected chi connectivity index (χ2v) is 4.81. The zero-order chi connectivity index (χ0) is 14.4. The highest BCUT2D eigenvalue weighted by molar-refractivity contribution is 5.58. The summed E-state index contributed by atoms with van der Waals surface area (Å²) in [5.41, 5.74) is 8.82. The van der Waals surface area contributed by atoms with Crippen LogP contribution in [-0.2, 0) is 13.1 Å². The number of rotatable bonds is 7. The lowest BCUT2D eigenvalue weighted by molar-refractivity contribution is 0.285. The number of hydrogen-bond donors (Lipinski definition) is 1. The quantitative estimate of drug-likeness (QED) is 0.839. The molecule has 1 aromatic carbocycles. The maximum Gasteiger partial charge on any atom is 0.0930 e. The molecule has 4 heteroatoms. The number of nitrogens with zero attached hydrogens (tertiary/aromatic N) is 3. The van der Waals surface area contributed by atoms with Gasteiger partial charge in [-0.25, -0.2) is 0 Å². The van der Waals surface area contributed by atoms with Crippen LogP contribution >= 0.6 is 0 Å². The molecule has 0 spiro atoms. The molecule has 0 aliphatic heterocycles. The van der Waals surface area contributed by atoms with E-state index in [9.17, 15) is 0 Å². The van der Waals surface area contributed by atoms with Gasteiger partial charge in [0.1, 0.15) is 0 Å². The summed E-state index contributed by atoms with van der Waals surface area (Å²) >= 11 is 0. The Morgan fingerprint density at radius 2 is 1.90 bits per heavy atom. The summed E-state index contributed by atoms with van der Waals surface area (Å²) < 4.78 is 1.89. The van der Waals surface area contributed by atoms with Gasteiger partial charge in [-0.3, -0.25) is 4.68 Å². The molecule has 1 heterocycles. The van der Waals surface area contributed by atoms with Crippen molar-refractivity contribution in [2.45, 2.75) is 26.9 Å². The van der Waals surface area contributed by atoms with Crippen molar-refractivity contribution >= 4 is 0 Å². The second kappa shape index (κ2) is 7.22. The number of nitrogens with two attached hydrogens (primary N) is 1.